The maximum atomic E-state index is 10.0. The van der Waals surface area contributed by atoms with Gasteiger partial charge in [-0.1, -0.05) is 17.7 Å². The molecule has 0 saturated heterocycles. The molecule has 110 valence electrons. The number of aryl methyl sites for hydroxylation is 1. The largest absolute Gasteiger partial charge is 0.394 e. The highest BCUT2D eigenvalue weighted by atomic mass is 16.3. The van der Waals surface area contributed by atoms with Gasteiger partial charge < -0.3 is 15.3 Å². The fourth-order valence-electron chi connectivity index (χ4n) is 3.10. The zero-order valence-corrected chi connectivity index (χ0v) is 12.6. The van der Waals surface area contributed by atoms with Crippen LogP contribution in [0.5, 0.6) is 0 Å². The molecule has 3 rings (SSSR count). The van der Waals surface area contributed by atoms with Gasteiger partial charge in [0.2, 0.25) is 0 Å². The van der Waals surface area contributed by atoms with Gasteiger partial charge in [-0.25, -0.2) is 0 Å². The molecule has 2 saturated carbocycles. The molecule has 0 aliphatic heterocycles. The van der Waals surface area contributed by atoms with Crippen LogP contribution in [0.3, 0.4) is 0 Å². The van der Waals surface area contributed by atoms with Gasteiger partial charge in [0.15, 0.2) is 0 Å². The van der Waals surface area contributed by atoms with Gasteiger partial charge in [-0.2, -0.15) is 0 Å². The van der Waals surface area contributed by atoms with Gasteiger partial charge in [0.25, 0.3) is 0 Å². The number of nitrogens with one attached hydrogen (secondary N) is 1. The predicted octanol–water partition coefficient (Wildman–Crippen LogP) is 2.32. The van der Waals surface area contributed by atoms with Crippen LogP contribution in [0, 0.1) is 12.8 Å². The topological polar surface area (TPSA) is 35.5 Å². The number of hydrogen-bond acceptors (Lipinski definition) is 3. The Morgan fingerprint density at radius 2 is 1.85 bits per heavy atom. The maximum absolute atomic E-state index is 10.0. The average molecular weight is 274 g/mol. The van der Waals surface area contributed by atoms with Crippen LogP contribution in [-0.2, 0) is 0 Å². The predicted molar refractivity (Wildman–Crippen MR) is 83.1 cm³/mol. The van der Waals surface area contributed by atoms with Crippen molar-refractivity contribution < 1.29 is 5.11 Å². The van der Waals surface area contributed by atoms with Crippen molar-refractivity contribution in [2.45, 2.75) is 44.2 Å². The second-order valence-electron chi connectivity index (χ2n) is 6.70. The van der Waals surface area contributed by atoms with E-state index in [9.17, 15) is 5.11 Å². The second-order valence-corrected chi connectivity index (χ2v) is 6.70. The average Bonchev–Trinajstić information content (AvgIpc) is 3.31. The van der Waals surface area contributed by atoms with Crippen LogP contribution in [0.15, 0.2) is 24.3 Å². The van der Waals surface area contributed by atoms with Crippen LogP contribution in [0.1, 0.15) is 31.2 Å². The zero-order valence-electron chi connectivity index (χ0n) is 12.6. The lowest BCUT2D eigenvalue weighted by atomic mass is 9.92. The van der Waals surface area contributed by atoms with Crippen molar-refractivity contribution in [2.75, 3.05) is 25.1 Å². The summed E-state index contributed by atoms with van der Waals surface area (Å²) in [5.74, 6) is 0.640. The molecule has 1 aromatic carbocycles. The van der Waals surface area contributed by atoms with Crippen LogP contribution in [-0.4, -0.2) is 36.9 Å². The third kappa shape index (κ3) is 2.99. The monoisotopic (exact) mass is 274 g/mol. The molecule has 2 aliphatic rings. The molecule has 2 aliphatic carbocycles. The standard InChI is InChI=1S/C17H26N2O/c1-13-3-9-16(10-4-13)19(2)11-17(12-20,14-5-6-14)18-15-7-8-15/h3-4,9-10,14-15,18,20H,5-8,11-12H2,1-2H3. The molecule has 0 radical (unpaired) electrons. The van der Waals surface area contributed by atoms with Crippen molar-refractivity contribution in [3.05, 3.63) is 29.8 Å². The van der Waals surface area contributed by atoms with Gasteiger partial charge >= 0.3 is 0 Å². The third-order valence-electron chi connectivity index (χ3n) is 4.70. The lowest BCUT2D eigenvalue weighted by Crippen LogP contribution is -2.58. The van der Waals surface area contributed by atoms with E-state index in [0.717, 1.165) is 6.54 Å². The molecule has 3 heteroatoms. The van der Waals surface area contributed by atoms with Gasteiger partial charge in [-0.3, -0.25) is 0 Å². The number of anilines is 1. The summed E-state index contributed by atoms with van der Waals surface area (Å²) in [7, 11) is 2.13. The Bertz CT molecular complexity index is 451. The Morgan fingerprint density at radius 3 is 2.35 bits per heavy atom. The highest BCUT2D eigenvalue weighted by Crippen LogP contribution is 2.42. The molecular formula is C17H26N2O. The molecule has 1 atom stereocenters. The molecule has 20 heavy (non-hydrogen) atoms. The van der Waals surface area contributed by atoms with Crippen LogP contribution < -0.4 is 10.2 Å². The zero-order chi connectivity index (χ0) is 14.2. The van der Waals surface area contributed by atoms with Crippen LogP contribution in [0.25, 0.3) is 0 Å². The van der Waals surface area contributed by atoms with Crippen molar-refractivity contribution in [1.82, 2.24) is 5.32 Å². The van der Waals surface area contributed by atoms with Crippen molar-refractivity contribution in [1.29, 1.82) is 0 Å². The van der Waals surface area contributed by atoms with E-state index in [0.29, 0.717) is 12.0 Å². The van der Waals surface area contributed by atoms with E-state index in [4.69, 9.17) is 0 Å². The van der Waals surface area contributed by atoms with E-state index in [-0.39, 0.29) is 12.1 Å². The second kappa shape index (κ2) is 5.38. The van der Waals surface area contributed by atoms with E-state index in [1.54, 1.807) is 0 Å². The van der Waals surface area contributed by atoms with Gasteiger partial charge in [0.1, 0.15) is 0 Å². The number of hydrogen-bond donors (Lipinski definition) is 2. The van der Waals surface area contributed by atoms with Crippen molar-refractivity contribution in [3.63, 3.8) is 0 Å². The molecule has 2 fully saturated rings. The van der Waals surface area contributed by atoms with Crippen molar-refractivity contribution >= 4 is 5.69 Å². The first-order chi connectivity index (χ1) is 9.63. The molecule has 0 heterocycles. The van der Waals surface area contributed by atoms with Gasteiger partial charge in [0, 0.05) is 25.3 Å². The van der Waals surface area contributed by atoms with Crippen LogP contribution in [0.2, 0.25) is 0 Å². The van der Waals surface area contributed by atoms with E-state index < -0.39 is 0 Å². The first kappa shape index (κ1) is 13.9. The quantitative estimate of drug-likeness (QED) is 0.801. The number of benzene rings is 1. The lowest BCUT2D eigenvalue weighted by Gasteiger charge is -2.38. The third-order valence-corrected chi connectivity index (χ3v) is 4.70. The fraction of sp³-hybridized carbons (Fsp3) is 0.647. The molecule has 2 N–H and O–H groups in total. The normalized spacial score (nSPS) is 21.6. The summed E-state index contributed by atoms with van der Waals surface area (Å²) in [5.41, 5.74) is 2.40. The first-order valence-electron chi connectivity index (χ1n) is 7.79. The number of aliphatic hydroxyl groups excluding tert-OH is 1. The molecule has 0 spiro atoms. The van der Waals surface area contributed by atoms with E-state index in [1.165, 1.54) is 36.9 Å². The highest BCUT2D eigenvalue weighted by molar-refractivity contribution is 5.47. The SMILES string of the molecule is Cc1ccc(N(C)CC(CO)(NC2CC2)C2CC2)cc1. The minimum atomic E-state index is -0.110. The number of nitrogens with zero attached hydrogens (tertiary/aromatic N) is 1. The highest BCUT2D eigenvalue weighted by Gasteiger charge is 2.47. The van der Waals surface area contributed by atoms with Crippen LogP contribution in [0.4, 0.5) is 5.69 Å². The lowest BCUT2D eigenvalue weighted by molar-refractivity contribution is 0.142. The minimum Gasteiger partial charge on any atom is -0.394 e. The summed E-state index contributed by atoms with van der Waals surface area (Å²) in [5, 5.41) is 13.8. The summed E-state index contributed by atoms with van der Waals surface area (Å²) < 4.78 is 0. The fourth-order valence-corrected chi connectivity index (χ4v) is 3.10. The van der Waals surface area contributed by atoms with Gasteiger partial charge in [-0.15, -0.1) is 0 Å². The summed E-state index contributed by atoms with van der Waals surface area (Å²) in [6.07, 6.45) is 5.04. The van der Waals surface area contributed by atoms with Gasteiger partial charge in [-0.05, 0) is 50.7 Å². The first-order valence-corrected chi connectivity index (χ1v) is 7.79. The number of rotatable bonds is 7. The molecule has 0 amide bonds. The van der Waals surface area contributed by atoms with E-state index in [1.807, 2.05) is 0 Å². The molecule has 0 bridgehead atoms. The number of likely N-dealkylation sites (N-methyl/N-ethyl adjacent to an activating group) is 1. The summed E-state index contributed by atoms with van der Waals surface area (Å²) in [6, 6.07) is 9.27. The number of aliphatic hydroxyl groups is 1. The summed E-state index contributed by atoms with van der Waals surface area (Å²) in [4.78, 5) is 2.28. The molecule has 0 aromatic heterocycles. The van der Waals surface area contributed by atoms with Gasteiger partial charge in [0.05, 0.1) is 12.1 Å². The maximum Gasteiger partial charge on any atom is 0.0633 e. The van der Waals surface area contributed by atoms with Crippen LogP contribution >= 0.6 is 0 Å². The molecular weight excluding hydrogens is 248 g/mol. The van der Waals surface area contributed by atoms with E-state index >= 15 is 0 Å². The Balaban J connectivity index is 1.72. The minimum absolute atomic E-state index is 0.110. The Kier molecular flexibility index (Phi) is 3.74. The summed E-state index contributed by atoms with van der Waals surface area (Å²) >= 11 is 0. The van der Waals surface area contributed by atoms with E-state index in [2.05, 4.69) is 48.5 Å². The molecule has 1 unspecified atom stereocenters. The Morgan fingerprint density at radius 1 is 1.20 bits per heavy atom. The molecule has 3 nitrogen and oxygen atoms in total. The molecule has 1 aromatic rings. The summed E-state index contributed by atoms with van der Waals surface area (Å²) in [6.45, 7) is 3.23. The van der Waals surface area contributed by atoms with Crippen molar-refractivity contribution in [2.24, 2.45) is 5.92 Å². The smallest absolute Gasteiger partial charge is 0.0633 e. The van der Waals surface area contributed by atoms with Crippen molar-refractivity contribution in [3.8, 4) is 0 Å². The Hall–Kier alpha value is -1.06. The Labute approximate surface area is 122 Å².